The van der Waals surface area contributed by atoms with E-state index in [4.69, 9.17) is 24.8 Å². The van der Waals surface area contributed by atoms with Crippen LogP contribution < -0.4 is 5.73 Å². The van der Waals surface area contributed by atoms with Gasteiger partial charge >= 0.3 is 25.7 Å². The Morgan fingerprint density at radius 3 is 1.29 bits per heavy atom. The number of nitrogens with two attached hydrogens (primary N) is 1. The minimum absolute atomic E-state index is 0.168. The number of carbonyl (C=O) groups excluding carboxylic acids is 2. The van der Waals surface area contributed by atoms with Crippen molar-refractivity contribution in [2.75, 3.05) is 19.8 Å². The quantitative estimate of drug-likeness (QED) is 0.0317. The van der Waals surface area contributed by atoms with Crippen molar-refractivity contribution in [1.82, 2.24) is 0 Å². The Kier molecular flexibility index (Phi) is 32.6. The van der Waals surface area contributed by atoms with Gasteiger partial charge in [0.1, 0.15) is 12.6 Å². The van der Waals surface area contributed by atoms with E-state index in [2.05, 4.69) is 18.4 Å². The highest BCUT2D eigenvalue weighted by molar-refractivity contribution is 7.47. The normalized spacial score (nSPS) is 13.9. The molecule has 1 unspecified atom stereocenters. The third kappa shape index (κ3) is 33.4. The lowest BCUT2D eigenvalue weighted by Gasteiger charge is -2.20. The van der Waals surface area contributed by atoms with E-state index < -0.39 is 51.1 Å². The minimum Gasteiger partial charge on any atom is -0.480 e. The standard InChI is InChI=1S/C37H72NO10P/c1-3-5-7-9-11-13-15-17-19-21-23-25-27-29-36(40)48-33(31-46-49(43,44)47-32-34(38)37(41)42)30-45-35(39)28-26-24-22-20-18-16-14-12-10-8-6-4-2/h33-34H,3-32,38H2,1-2H3,(H,41,42)(H,43,44)/t33-,34+/m1/s1. The lowest BCUT2D eigenvalue weighted by atomic mass is 10.0. The van der Waals surface area contributed by atoms with Crippen LogP contribution in [0.5, 0.6) is 0 Å². The van der Waals surface area contributed by atoms with Gasteiger partial charge in [-0.1, -0.05) is 162 Å². The number of rotatable bonds is 37. The van der Waals surface area contributed by atoms with Crippen LogP contribution in [0.15, 0.2) is 0 Å². The summed E-state index contributed by atoms with van der Waals surface area (Å²) in [6.07, 6.45) is 28.8. The van der Waals surface area contributed by atoms with Crippen LogP contribution in [0.25, 0.3) is 0 Å². The molecule has 0 saturated carbocycles. The second-order valence-electron chi connectivity index (χ2n) is 13.4. The number of carboxylic acids is 1. The molecule has 0 radical (unpaired) electrons. The SMILES string of the molecule is CCCCCCCCCCCCCCCC(=O)O[C@H](COC(=O)CCCCCCCCCCCCCC)COP(=O)(O)OC[C@H](N)C(=O)O. The van der Waals surface area contributed by atoms with Crippen LogP contribution in [0.1, 0.15) is 187 Å². The number of carboxylic acid groups (broad SMARTS) is 1. The molecule has 0 amide bonds. The monoisotopic (exact) mass is 721 g/mol. The van der Waals surface area contributed by atoms with Gasteiger partial charge in [-0.3, -0.25) is 23.4 Å². The van der Waals surface area contributed by atoms with Gasteiger partial charge in [-0.25, -0.2) is 4.57 Å². The molecule has 0 aliphatic heterocycles. The molecule has 290 valence electrons. The van der Waals surface area contributed by atoms with Crippen molar-refractivity contribution < 1.29 is 47.5 Å². The maximum atomic E-state index is 12.5. The third-order valence-electron chi connectivity index (χ3n) is 8.61. The van der Waals surface area contributed by atoms with E-state index in [-0.39, 0.29) is 19.4 Å². The fourth-order valence-electron chi connectivity index (χ4n) is 5.48. The smallest absolute Gasteiger partial charge is 0.472 e. The van der Waals surface area contributed by atoms with E-state index in [1.807, 2.05) is 0 Å². The molecule has 49 heavy (non-hydrogen) atoms. The summed E-state index contributed by atoms with van der Waals surface area (Å²) in [7, 11) is -4.70. The number of hydrogen-bond acceptors (Lipinski definition) is 9. The summed E-state index contributed by atoms with van der Waals surface area (Å²) in [6, 6.07) is -1.51. The molecular formula is C37H72NO10P. The van der Waals surface area contributed by atoms with Crippen LogP contribution >= 0.6 is 7.82 Å². The number of esters is 2. The van der Waals surface area contributed by atoms with E-state index in [1.165, 1.54) is 109 Å². The summed E-state index contributed by atoms with van der Waals surface area (Å²) in [5.74, 6) is -2.36. The zero-order valence-corrected chi connectivity index (χ0v) is 31.9. The van der Waals surface area contributed by atoms with Crippen LogP contribution in [0, 0.1) is 0 Å². The number of ether oxygens (including phenoxy) is 2. The van der Waals surface area contributed by atoms with Crippen molar-refractivity contribution in [3.05, 3.63) is 0 Å². The molecular weight excluding hydrogens is 649 g/mol. The fourth-order valence-corrected chi connectivity index (χ4v) is 6.26. The van der Waals surface area contributed by atoms with Gasteiger partial charge in [0, 0.05) is 12.8 Å². The highest BCUT2D eigenvalue weighted by Crippen LogP contribution is 2.43. The molecule has 0 aliphatic carbocycles. The van der Waals surface area contributed by atoms with Gasteiger partial charge in [0.25, 0.3) is 0 Å². The number of carbonyl (C=O) groups is 3. The lowest BCUT2D eigenvalue weighted by molar-refractivity contribution is -0.161. The first kappa shape index (κ1) is 47.5. The summed E-state index contributed by atoms with van der Waals surface area (Å²) in [5.41, 5.74) is 5.31. The van der Waals surface area contributed by atoms with Gasteiger partial charge in [-0.05, 0) is 12.8 Å². The molecule has 0 fully saturated rings. The van der Waals surface area contributed by atoms with Crippen molar-refractivity contribution >= 4 is 25.7 Å². The molecule has 0 spiro atoms. The first-order valence-corrected chi connectivity index (χ1v) is 21.1. The van der Waals surface area contributed by atoms with Crippen LogP contribution in [0.3, 0.4) is 0 Å². The predicted molar refractivity (Wildman–Crippen MR) is 194 cm³/mol. The van der Waals surface area contributed by atoms with Crippen LogP contribution in [0.2, 0.25) is 0 Å². The van der Waals surface area contributed by atoms with E-state index in [1.54, 1.807) is 0 Å². The number of hydrogen-bond donors (Lipinski definition) is 3. The third-order valence-corrected chi connectivity index (χ3v) is 9.56. The molecule has 0 rings (SSSR count). The minimum atomic E-state index is -4.70. The molecule has 0 heterocycles. The summed E-state index contributed by atoms with van der Waals surface area (Å²) >= 11 is 0. The molecule has 0 aromatic heterocycles. The Hall–Kier alpha value is -1.52. The van der Waals surface area contributed by atoms with E-state index in [0.29, 0.717) is 12.8 Å². The second kappa shape index (κ2) is 33.6. The maximum absolute atomic E-state index is 12.5. The van der Waals surface area contributed by atoms with Crippen molar-refractivity contribution in [3.8, 4) is 0 Å². The summed E-state index contributed by atoms with van der Waals surface area (Å²) in [4.78, 5) is 45.7. The highest BCUT2D eigenvalue weighted by Gasteiger charge is 2.28. The summed E-state index contributed by atoms with van der Waals surface area (Å²) in [6.45, 7) is 2.80. The van der Waals surface area contributed by atoms with Crippen molar-refractivity contribution in [3.63, 3.8) is 0 Å². The van der Waals surface area contributed by atoms with Gasteiger partial charge in [-0.15, -0.1) is 0 Å². The number of unbranched alkanes of at least 4 members (excludes halogenated alkanes) is 23. The Balaban J connectivity index is 4.40. The molecule has 3 atom stereocenters. The highest BCUT2D eigenvalue weighted by atomic mass is 31.2. The average molecular weight is 722 g/mol. The molecule has 0 aromatic rings. The molecule has 0 aliphatic rings. The topological polar surface area (TPSA) is 172 Å². The van der Waals surface area contributed by atoms with Gasteiger partial charge in [-0.2, -0.15) is 0 Å². The van der Waals surface area contributed by atoms with Crippen LogP contribution in [0.4, 0.5) is 0 Å². The number of phosphoric acid groups is 1. The maximum Gasteiger partial charge on any atom is 0.472 e. The zero-order chi connectivity index (χ0) is 36.4. The molecule has 11 nitrogen and oxygen atoms in total. The van der Waals surface area contributed by atoms with E-state index >= 15 is 0 Å². The Bertz CT molecular complexity index is 859. The van der Waals surface area contributed by atoms with E-state index in [0.717, 1.165) is 38.5 Å². The molecule has 4 N–H and O–H groups in total. The predicted octanol–water partition coefficient (Wildman–Crippen LogP) is 9.56. The van der Waals surface area contributed by atoms with Crippen LogP contribution in [-0.2, 0) is 37.5 Å². The van der Waals surface area contributed by atoms with E-state index in [9.17, 15) is 23.8 Å². The molecule has 0 bridgehead atoms. The zero-order valence-electron chi connectivity index (χ0n) is 31.1. The van der Waals surface area contributed by atoms with Gasteiger partial charge in [0.2, 0.25) is 0 Å². The largest absolute Gasteiger partial charge is 0.480 e. The first-order chi connectivity index (χ1) is 23.6. The first-order valence-electron chi connectivity index (χ1n) is 19.6. The number of phosphoric ester groups is 1. The Labute approximate surface area is 297 Å². The molecule has 0 saturated heterocycles. The fraction of sp³-hybridized carbons (Fsp3) is 0.919. The van der Waals surface area contributed by atoms with Crippen molar-refractivity contribution in [2.24, 2.45) is 5.73 Å². The van der Waals surface area contributed by atoms with Crippen molar-refractivity contribution in [2.45, 2.75) is 199 Å². The van der Waals surface area contributed by atoms with Crippen LogP contribution in [-0.4, -0.2) is 59.9 Å². The summed E-state index contributed by atoms with van der Waals surface area (Å²) in [5, 5.41) is 8.85. The van der Waals surface area contributed by atoms with Crippen molar-refractivity contribution in [1.29, 1.82) is 0 Å². The van der Waals surface area contributed by atoms with Gasteiger partial charge in [0.15, 0.2) is 6.10 Å². The Morgan fingerprint density at radius 2 is 0.898 bits per heavy atom. The average Bonchev–Trinajstić information content (AvgIpc) is 3.07. The lowest BCUT2D eigenvalue weighted by Crippen LogP contribution is -2.34. The second-order valence-corrected chi connectivity index (χ2v) is 14.9. The number of aliphatic carboxylic acids is 1. The molecule has 12 heteroatoms. The molecule has 0 aromatic carbocycles. The van der Waals surface area contributed by atoms with Gasteiger partial charge in [0.05, 0.1) is 13.2 Å². The Morgan fingerprint density at radius 1 is 0.551 bits per heavy atom. The summed E-state index contributed by atoms with van der Waals surface area (Å²) < 4.78 is 32.6. The van der Waals surface area contributed by atoms with Gasteiger partial charge < -0.3 is 25.2 Å².